The molecule has 1 fully saturated rings. The number of benzene rings is 2. The van der Waals surface area contributed by atoms with Gasteiger partial charge in [0.15, 0.2) is 0 Å². The van der Waals surface area contributed by atoms with Gasteiger partial charge in [-0.1, -0.05) is 76.6 Å². The highest BCUT2D eigenvalue weighted by molar-refractivity contribution is 9.11. The molecule has 1 saturated heterocycles. The Bertz CT molecular complexity index is 1100. The summed E-state index contributed by atoms with van der Waals surface area (Å²) in [6, 6.07) is 19.7. The molecule has 0 spiro atoms. The molecule has 0 radical (unpaired) electrons. The molecule has 5 heteroatoms. The molecule has 3 atom stereocenters. The van der Waals surface area contributed by atoms with Crippen LogP contribution in [0.15, 0.2) is 77.3 Å². The standard InChI is InChI=1S/C32H42BrN3O/c1-6-34(7-2)31(37)28-17-15-27(16-18-28)30(26-11-9-8-10-12-26)36-23-32(4,5)35(21-24(36)3)22-25-13-19-29(33)20-14-25/h8-13,15-20,24-25,30H,6-7,14,21-23H2,1-5H3/t24-,25?,30-/m0/s1. The largest absolute Gasteiger partial charge is 0.339 e. The lowest BCUT2D eigenvalue weighted by Gasteiger charge is -2.53. The fraction of sp³-hybridized carbons (Fsp3) is 0.469. The molecule has 2 aliphatic rings. The average molecular weight is 565 g/mol. The number of piperazine rings is 1. The van der Waals surface area contributed by atoms with Crippen molar-refractivity contribution in [3.05, 3.63) is 94.0 Å². The average Bonchev–Trinajstić information content (AvgIpc) is 2.90. The number of allylic oxidation sites excluding steroid dienone is 3. The van der Waals surface area contributed by atoms with Crippen LogP contribution in [0, 0.1) is 5.92 Å². The fourth-order valence-corrected chi connectivity index (χ4v) is 6.15. The van der Waals surface area contributed by atoms with Gasteiger partial charge in [0.25, 0.3) is 5.91 Å². The Morgan fingerprint density at radius 2 is 1.70 bits per heavy atom. The second-order valence-corrected chi connectivity index (χ2v) is 12.0. The second-order valence-electron chi connectivity index (χ2n) is 11.1. The topological polar surface area (TPSA) is 26.8 Å². The molecule has 1 aliphatic heterocycles. The third kappa shape index (κ3) is 6.45. The summed E-state index contributed by atoms with van der Waals surface area (Å²) in [5.74, 6) is 0.662. The maximum absolute atomic E-state index is 12.9. The van der Waals surface area contributed by atoms with Crippen LogP contribution in [0.2, 0.25) is 0 Å². The lowest BCUT2D eigenvalue weighted by Crippen LogP contribution is -2.63. The van der Waals surface area contributed by atoms with E-state index in [1.165, 1.54) is 15.6 Å². The molecule has 1 amide bonds. The Morgan fingerprint density at radius 3 is 2.30 bits per heavy atom. The van der Waals surface area contributed by atoms with E-state index in [1.54, 1.807) is 0 Å². The van der Waals surface area contributed by atoms with Crippen molar-refractivity contribution in [1.82, 2.24) is 14.7 Å². The van der Waals surface area contributed by atoms with E-state index < -0.39 is 0 Å². The predicted octanol–water partition coefficient (Wildman–Crippen LogP) is 6.90. The number of hydrogen-bond donors (Lipinski definition) is 0. The highest BCUT2D eigenvalue weighted by Gasteiger charge is 2.41. The maximum atomic E-state index is 12.9. The fourth-order valence-electron chi connectivity index (χ4n) is 5.81. The Morgan fingerprint density at radius 1 is 1.05 bits per heavy atom. The molecule has 37 heavy (non-hydrogen) atoms. The lowest BCUT2D eigenvalue weighted by molar-refractivity contribution is -0.0309. The summed E-state index contributed by atoms with van der Waals surface area (Å²) in [7, 11) is 0. The van der Waals surface area contributed by atoms with Gasteiger partial charge < -0.3 is 4.90 Å². The van der Waals surface area contributed by atoms with Crippen LogP contribution >= 0.6 is 15.9 Å². The number of halogens is 1. The van der Waals surface area contributed by atoms with E-state index in [0.717, 1.165) is 44.7 Å². The van der Waals surface area contributed by atoms with Crippen LogP contribution in [0.3, 0.4) is 0 Å². The summed E-state index contributed by atoms with van der Waals surface area (Å²) < 4.78 is 1.19. The van der Waals surface area contributed by atoms with Crippen LogP contribution in [-0.4, -0.2) is 64.9 Å². The number of carbonyl (C=O) groups excluding carboxylic acids is 1. The zero-order valence-corrected chi connectivity index (χ0v) is 24.6. The van der Waals surface area contributed by atoms with E-state index in [4.69, 9.17) is 0 Å². The first-order valence-electron chi connectivity index (χ1n) is 13.7. The van der Waals surface area contributed by atoms with Crippen LogP contribution in [-0.2, 0) is 0 Å². The van der Waals surface area contributed by atoms with Crippen LogP contribution in [0.5, 0.6) is 0 Å². The molecule has 1 heterocycles. The minimum Gasteiger partial charge on any atom is -0.339 e. The Labute approximate surface area is 232 Å². The van der Waals surface area contributed by atoms with Gasteiger partial charge >= 0.3 is 0 Å². The third-order valence-corrected chi connectivity index (χ3v) is 8.63. The van der Waals surface area contributed by atoms with Crippen molar-refractivity contribution in [2.24, 2.45) is 5.92 Å². The summed E-state index contributed by atoms with van der Waals surface area (Å²) in [6.45, 7) is 15.7. The minimum atomic E-state index is 0.0461. The molecule has 1 aliphatic carbocycles. The van der Waals surface area contributed by atoms with Crippen molar-refractivity contribution >= 4 is 21.8 Å². The van der Waals surface area contributed by atoms with Crippen LogP contribution in [0.4, 0.5) is 0 Å². The first-order chi connectivity index (χ1) is 17.7. The third-order valence-electron chi connectivity index (χ3n) is 8.05. The molecule has 0 bridgehead atoms. The van der Waals surface area contributed by atoms with Gasteiger partial charge in [0, 0.05) is 54.4 Å². The lowest BCUT2D eigenvalue weighted by atomic mass is 9.88. The van der Waals surface area contributed by atoms with Crippen molar-refractivity contribution in [2.75, 3.05) is 32.7 Å². The molecule has 2 aromatic carbocycles. The predicted molar refractivity (Wildman–Crippen MR) is 158 cm³/mol. The van der Waals surface area contributed by atoms with Crippen LogP contribution < -0.4 is 0 Å². The number of rotatable bonds is 8. The van der Waals surface area contributed by atoms with E-state index in [2.05, 4.69) is 107 Å². The van der Waals surface area contributed by atoms with Crippen molar-refractivity contribution in [3.8, 4) is 0 Å². The van der Waals surface area contributed by atoms with E-state index in [9.17, 15) is 4.79 Å². The van der Waals surface area contributed by atoms with Gasteiger partial charge in [-0.15, -0.1) is 0 Å². The molecular formula is C32H42BrN3O. The molecule has 4 nitrogen and oxygen atoms in total. The molecule has 198 valence electrons. The SMILES string of the molecule is CCN(CC)C(=O)c1ccc([C@H](c2ccccc2)N2CC(C)(C)N(CC3C=CC(Br)=CC3)C[C@@H]2C)cc1. The summed E-state index contributed by atoms with van der Waals surface area (Å²) in [6.07, 6.45) is 7.93. The maximum Gasteiger partial charge on any atom is 0.253 e. The molecule has 0 saturated carbocycles. The van der Waals surface area contributed by atoms with Crippen molar-refractivity contribution in [1.29, 1.82) is 0 Å². The van der Waals surface area contributed by atoms with Gasteiger partial charge in [-0.2, -0.15) is 0 Å². The summed E-state index contributed by atoms with van der Waals surface area (Å²) >= 11 is 3.60. The van der Waals surface area contributed by atoms with E-state index in [-0.39, 0.29) is 17.5 Å². The zero-order valence-electron chi connectivity index (χ0n) is 23.0. The molecule has 4 rings (SSSR count). The molecular weight excluding hydrogens is 522 g/mol. The summed E-state index contributed by atoms with van der Waals surface area (Å²) in [4.78, 5) is 20.1. The van der Waals surface area contributed by atoms with Gasteiger partial charge in [-0.25, -0.2) is 0 Å². The Hall–Kier alpha value is -2.21. The van der Waals surface area contributed by atoms with Crippen molar-refractivity contribution in [3.63, 3.8) is 0 Å². The molecule has 1 unspecified atom stereocenters. The van der Waals surface area contributed by atoms with E-state index in [1.807, 2.05) is 30.9 Å². The number of amides is 1. The highest BCUT2D eigenvalue weighted by atomic mass is 79.9. The first kappa shape index (κ1) is 27.8. The van der Waals surface area contributed by atoms with E-state index in [0.29, 0.717) is 12.0 Å². The van der Waals surface area contributed by atoms with Crippen LogP contribution in [0.1, 0.15) is 68.6 Å². The number of carbonyl (C=O) groups is 1. The summed E-state index contributed by atoms with van der Waals surface area (Å²) in [5, 5.41) is 0. The molecule has 2 aromatic rings. The quantitative estimate of drug-likeness (QED) is 0.349. The zero-order chi connectivity index (χ0) is 26.6. The number of nitrogens with zero attached hydrogens (tertiary/aromatic N) is 3. The first-order valence-corrected chi connectivity index (χ1v) is 14.5. The van der Waals surface area contributed by atoms with Crippen LogP contribution in [0.25, 0.3) is 0 Å². The van der Waals surface area contributed by atoms with Crippen molar-refractivity contribution < 1.29 is 4.79 Å². The van der Waals surface area contributed by atoms with Crippen molar-refractivity contribution in [2.45, 2.75) is 58.7 Å². The van der Waals surface area contributed by atoms with Gasteiger partial charge in [0.1, 0.15) is 0 Å². The Balaban J connectivity index is 1.59. The van der Waals surface area contributed by atoms with Gasteiger partial charge in [0.2, 0.25) is 0 Å². The highest BCUT2D eigenvalue weighted by Crippen LogP contribution is 2.37. The monoisotopic (exact) mass is 563 g/mol. The number of hydrogen-bond acceptors (Lipinski definition) is 3. The summed E-state index contributed by atoms with van der Waals surface area (Å²) in [5.41, 5.74) is 3.35. The molecule has 0 aromatic heterocycles. The van der Waals surface area contributed by atoms with Gasteiger partial charge in [0.05, 0.1) is 6.04 Å². The smallest absolute Gasteiger partial charge is 0.253 e. The van der Waals surface area contributed by atoms with Gasteiger partial charge in [-0.3, -0.25) is 14.6 Å². The second kappa shape index (κ2) is 12.1. The normalized spacial score (nSPS) is 22.9. The Kier molecular flexibility index (Phi) is 9.10. The molecule has 0 N–H and O–H groups in total. The van der Waals surface area contributed by atoms with Gasteiger partial charge in [-0.05, 0) is 70.2 Å². The van der Waals surface area contributed by atoms with E-state index >= 15 is 0 Å². The minimum absolute atomic E-state index is 0.0461.